The first-order chi connectivity index (χ1) is 5.25. The maximum Gasteiger partial charge on any atom is 0.352 e. The van der Waals surface area contributed by atoms with E-state index in [0.29, 0.717) is 5.57 Å². The zero-order chi connectivity index (χ0) is 9.94. The van der Waals surface area contributed by atoms with Crippen molar-refractivity contribution in [2.75, 3.05) is 14.1 Å². The van der Waals surface area contributed by atoms with Gasteiger partial charge in [0.1, 0.15) is 0 Å². The Morgan fingerprint density at radius 3 is 2.00 bits per heavy atom. The largest absolute Gasteiger partial charge is 0.365 e. The lowest BCUT2D eigenvalue weighted by atomic mass is 9.88. The van der Waals surface area contributed by atoms with Gasteiger partial charge in [0, 0.05) is 19.7 Å². The summed E-state index contributed by atoms with van der Waals surface area (Å²) in [6.07, 6.45) is 0. The molecule has 0 N–H and O–H groups in total. The Balaban J connectivity index is 4.22. The second-order valence-corrected chi connectivity index (χ2v) is 3.92. The van der Waals surface area contributed by atoms with Crippen LogP contribution in [-0.2, 0) is 9.63 Å². The van der Waals surface area contributed by atoms with Gasteiger partial charge in [-0.15, -0.1) is 5.06 Å². The van der Waals surface area contributed by atoms with Gasteiger partial charge in [-0.2, -0.15) is 0 Å². The average Bonchev–Trinajstić information content (AvgIpc) is 1.82. The first-order valence-electron chi connectivity index (χ1n) is 3.84. The molecule has 0 aromatic heterocycles. The van der Waals surface area contributed by atoms with Crippen molar-refractivity contribution in [2.45, 2.75) is 20.8 Å². The highest BCUT2D eigenvalue weighted by Gasteiger charge is 2.23. The second-order valence-electron chi connectivity index (χ2n) is 3.92. The minimum absolute atomic E-state index is 0.229. The Bertz CT molecular complexity index is 189. The molecule has 12 heavy (non-hydrogen) atoms. The summed E-state index contributed by atoms with van der Waals surface area (Å²) in [4.78, 5) is 16.1. The highest BCUT2D eigenvalue weighted by molar-refractivity contribution is 5.88. The fraction of sp³-hybridized carbons (Fsp3) is 0.667. The fourth-order valence-corrected chi connectivity index (χ4v) is 0.527. The molecule has 0 aliphatic heterocycles. The molecule has 3 nitrogen and oxygen atoms in total. The Morgan fingerprint density at radius 2 is 1.75 bits per heavy atom. The molecule has 0 heterocycles. The van der Waals surface area contributed by atoms with E-state index in [2.05, 4.69) is 6.58 Å². The standard InChI is InChI=1S/C9H17NO2/c1-7(9(2,3)4)8(11)12-10(5)6/h1H2,2-6H3. The number of hydrogen-bond donors (Lipinski definition) is 0. The van der Waals surface area contributed by atoms with Gasteiger partial charge in [0.15, 0.2) is 0 Å². The molecule has 0 unspecified atom stereocenters. The predicted octanol–water partition coefficient (Wildman–Crippen LogP) is 1.61. The minimum Gasteiger partial charge on any atom is -0.365 e. The van der Waals surface area contributed by atoms with Crippen molar-refractivity contribution in [1.82, 2.24) is 5.06 Å². The molecular formula is C9H17NO2. The van der Waals surface area contributed by atoms with Crippen LogP contribution in [0.4, 0.5) is 0 Å². The molecule has 0 aromatic carbocycles. The molecule has 70 valence electrons. The molecule has 0 amide bonds. The maximum atomic E-state index is 11.2. The number of rotatable bonds is 2. The molecule has 0 spiro atoms. The van der Waals surface area contributed by atoms with Crippen LogP contribution in [0.2, 0.25) is 0 Å². The third kappa shape index (κ3) is 3.53. The van der Waals surface area contributed by atoms with Crippen molar-refractivity contribution < 1.29 is 9.63 Å². The average molecular weight is 171 g/mol. The molecule has 3 heteroatoms. The molecule has 0 fully saturated rings. The highest BCUT2D eigenvalue weighted by atomic mass is 16.7. The molecule has 0 saturated carbocycles. The first-order valence-corrected chi connectivity index (χ1v) is 3.84. The molecular weight excluding hydrogens is 154 g/mol. The highest BCUT2D eigenvalue weighted by Crippen LogP contribution is 2.24. The normalized spacial score (nSPS) is 11.5. The van der Waals surface area contributed by atoms with E-state index in [1.54, 1.807) is 14.1 Å². The van der Waals surface area contributed by atoms with Crippen LogP contribution >= 0.6 is 0 Å². The monoisotopic (exact) mass is 171 g/mol. The van der Waals surface area contributed by atoms with Gasteiger partial charge in [0.05, 0.1) is 0 Å². The van der Waals surface area contributed by atoms with E-state index in [-0.39, 0.29) is 11.4 Å². The lowest BCUT2D eigenvalue weighted by Crippen LogP contribution is -2.25. The van der Waals surface area contributed by atoms with Crippen LogP contribution in [0.3, 0.4) is 0 Å². The summed E-state index contributed by atoms with van der Waals surface area (Å²) < 4.78 is 0. The van der Waals surface area contributed by atoms with E-state index in [4.69, 9.17) is 4.84 Å². The summed E-state index contributed by atoms with van der Waals surface area (Å²) in [6, 6.07) is 0. The van der Waals surface area contributed by atoms with Crippen molar-refractivity contribution in [3.05, 3.63) is 12.2 Å². The second kappa shape index (κ2) is 3.72. The molecule has 0 aliphatic carbocycles. The van der Waals surface area contributed by atoms with Gasteiger partial charge in [0.25, 0.3) is 0 Å². The summed E-state index contributed by atoms with van der Waals surface area (Å²) in [6.45, 7) is 9.45. The van der Waals surface area contributed by atoms with E-state index >= 15 is 0 Å². The molecule has 0 atom stereocenters. The van der Waals surface area contributed by atoms with Crippen LogP contribution < -0.4 is 0 Å². The lowest BCUT2D eigenvalue weighted by Gasteiger charge is -2.21. The maximum absolute atomic E-state index is 11.2. The third-order valence-corrected chi connectivity index (χ3v) is 1.42. The lowest BCUT2D eigenvalue weighted by molar-refractivity contribution is -0.174. The first kappa shape index (κ1) is 11.2. The van der Waals surface area contributed by atoms with Crippen LogP contribution in [0, 0.1) is 5.41 Å². The minimum atomic E-state index is -0.368. The topological polar surface area (TPSA) is 29.5 Å². The fourth-order valence-electron chi connectivity index (χ4n) is 0.527. The van der Waals surface area contributed by atoms with Crippen molar-refractivity contribution in [2.24, 2.45) is 5.41 Å². The van der Waals surface area contributed by atoms with E-state index in [0.717, 1.165) is 0 Å². The number of carbonyl (C=O) groups is 1. The van der Waals surface area contributed by atoms with Crippen LogP contribution in [0.25, 0.3) is 0 Å². The Hall–Kier alpha value is -0.830. The van der Waals surface area contributed by atoms with Crippen LogP contribution in [0.5, 0.6) is 0 Å². The van der Waals surface area contributed by atoms with E-state index < -0.39 is 0 Å². The van der Waals surface area contributed by atoms with Gasteiger partial charge < -0.3 is 4.84 Å². The van der Waals surface area contributed by atoms with Gasteiger partial charge >= 0.3 is 5.97 Å². The Kier molecular flexibility index (Phi) is 3.46. The van der Waals surface area contributed by atoms with Crippen LogP contribution in [0.15, 0.2) is 12.2 Å². The summed E-state index contributed by atoms with van der Waals surface area (Å²) >= 11 is 0. The zero-order valence-electron chi connectivity index (χ0n) is 8.47. The summed E-state index contributed by atoms with van der Waals surface area (Å²) in [5.74, 6) is -0.368. The van der Waals surface area contributed by atoms with Crippen LogP contribution in [-0.4, -0.2) is 25.1 Å². The van der Waals surface area contributed by atoms with Crippen molar-refractivity contribution >= 4 is 5.97 Å². The molecule has 0 aliphatic rings. The van der Waals surface area contributed by atoms with E-state index in [1.807, 2.05) is 20.8 Å². The van der Waals surface area contributed by atoms with Crippen molar-refractivity contribution in [1.29, 1.82) is 0 Å². The predicted molar refractivity (Wildman–Crippen MR) is 48.4 cm³/mol. The van der Waals surface area contributed by atoms with Crippen molar-refractivity contribution in [3.63, 3.8) is 0 Å². The number of hydroxylamine groups is 2. The van der Waals surface area contributed by atoms with Gasteiger partial charge in [-0.25, -0.2) is 4.79 Å². The number of nitrogens with zero attached hydrogens (tertiary/aromatic N) is 1. The van der Waals surface area contributed by atoms with E-state index in [1.165, 1.54) is 5.06 Å². The van der Waals surface area contributed by atoms with Gasteiger partial charge in [-0.1, -0.05) is 27.4 Å². The summed E-state index contributed by atoms with van der Waals surface area (Å²) in [5.41, 5.74) is 0.254. The van der Waals surface area contributed by atoms with Crippen molar-refractivity contribution in [3.8, 4) is 0 Å². The smallest absolute Gasteiger partial charge is 0.352 e. The quantitative estimate of drug-likeness (QED) is 0.467. The number of hydrogen-bond acceptors (Lipinski definition) is 3. The SMILES string of the molecule is C=C(C(=O)ON(C)C)C(C)(C)C. The Labute approximate surface area is 74.0 Å². The zero-order valence-corrected chi connectivity index (χ0v) is 8.47. The molecule has 0 bridgehead atoms. The third-order valence-electron chi connectivity index (χ3n) is 1.42. The Morgan fingerprint density at radius 1 is 1.33 bits per heavy atom. The number of carbonyl (C=O) groups excluding carboxylic acids is 1. The van der Waals surface area contributed by atoms with Gasteiger partial charge in [-0.05, 0) is 5.41 Å². The van der Waals surface area contributed by atoms with Gasteiger partial charge in [-0.3, -0.25) is 0 Å². The van der Waals surface area contributed by atoms with E-state index in [9.17, 15) is 4.79 Å². The van der Waals surface area contributed by atoms with Crippen LogP contribution in [0.1, 0.15) is 20.8 Å². The van der Waals surface area contributed by atoms with Gasteiger partial charge in [0.2, 0.25) is 0 Å². The molecule has 0 saturated heterocycles. The molecule has 0 aromatic rings. The molecule has 0 radical (unpaired) electrons. The molecule has 0 rings (SSSR count). The summed E-state index contributed by atoms with van der Waals surface area (Å²) in [7, 11) is 3.32. The summed E-state index contributed by atoms with van der Waals surface area (Å²) in [5, 5.41) is 1.36.